The van der Waals surface area contributed by atoms with E-state index in [1.54, 1.807) is 13.0 Å². The number of alkyl halides is 2. The molecule has 1 aromatic heterocycles. The molecule has 1 aromatic carbocycles. The summed E-state index contributed by atoms with van der Waals surface area (Å²) in [6, 6.07) is 5.78. The van der Waals surface area contributed by atoms with Crippen molar-refractivity contribution in [3.63, 3.8) is 0 Å². The van der Waals surface area contributed by atoms with Gasteiger partial charge in [-0.1, -0.05) is 0 Å². The molecule has 2 aromatic rings. The number of hydrogen-bond acceptors (Lipinski definition) is 6. The number of amides is 2. The third-order valence-electron chi connectivity index (χ3n) is 6.52. The van der Waals surface area contributed by atoms with Crippen LogP contribution in [0.2, 0.25) is 0 Å². The van der Waals surface area contributed by atoms with Gasteiger partial charge in [0, 0.05) is 38.2 Å². The minimum atomic E-state index is -2.88. The van der Waals surface area contributed by atoms with Crippen LogP contribution in [0.1, 0.15) is 18.9 Å². The number of nitrogens with one attached hydrogen (secondary N) is 1. The van der Waals surface area contributed by atoms with Crippen LogP contribution in [-0.4, -0.2) is 79.6 Å². The van der Waals surface area contributed by atoms with E-state index in [1.165, 1.54) is 17.0 Å². The van der Waals surface area contributed by atoms with E-state index in [2.05, 4.69) is 10.3 Å². The maximum Gasteiger partial charge on any atom is 0.321 e. The van der Waals surface area contributed by atoms with Crippen molar-refractivity contribution in [1.29, 1.82) is 0 Å². The first-order valence-electron chi connectivity index (χ1n) is 12.0. The summed E-state index contributed by atoms with van der Waals surface area (Å²) in [6.07, 6.45) is 0.191. The van der Waals surface area contributed by atoms with Crippen LogP contribution in [0, 0.1) is 18.7 Å². The Labute approximate surface area is 208 Å². The summed E-state index contributed by atoms with van der Waals surface area (Å²) in [6.45, 7) is 5.00. The van der Waals surface area contributed by atoms with Crippen LogP contribution >= 0.6 is 0 Å². The monoisotopic (exact) mass is 508 g/mol. The van der Waals surface area contributed by atoms with Gasteiger partial charge in [0.2, 0.25) is 11.8 Å². The molecule has 1 atom stereocenters. The molecule has 2 aliphatic heterocycles. The minimum Gasteiger partial charge on any atom is -0.475 e. The van der Waals surface area contributed by atoms with E-state index in [1.807, 2.05) is 11.0 Å². The predicted molar refractivity (Wildman–Crippen MR) is 129 cm³/mol. The number of morpholine rings is 1. The summed E-state index contributed by atoms with van der Waals surface area (Å²) in [7, 11) is 0. The molecule has 36 heavy (non-hydrogen) atoms. The molecule has 11 heteroatoms. The van der Waals surface area contributed by atoms with Gasteiger partial charge >= 0.3 is 6.03 Å². The van der Waals surface area contributed by atoms with E-state index in [-0.39, 0.29) is 38.4 Å². The number of aliphatic hydroxyl groups is 1. The molecule has 2 saturated heterocycles. The van der Waals surface area contributed by atoms with Gasteiger partial charge in [-0.25, -0.2) is 18.0 Å². The van der Waals surface area contributed by atoms with E-state index in [0.29, 0.717) is 54.7 Å². The highest BCUT2D eigenvalue weighted by atomic mass is 19.3. The maximum atomic E-state index is 14.8. The predicted octanol–water partition coefficient (Wildman–Crippen LogP) is 3.91. The number of aliphatic hydroxyl groups excluding tert-OH is 1. The van der Waals surface area contributed by atoms with Crippen molar-refractivity contribution in [2.45, 2.75) is 26.2 Å². The Hall–Kier alpha value is -3.05. The van der Waals surface area contributed by atoms with Crippen molar-refractivity contribution in [3.8, 4) is 17.0 Å². The number of benzene rings is 1. The Morgan fingerprint density at radius 1 is 1.25 bits per heavy atom. The molecule has 0 aliphatic carbocycles. The molecule has 0 radical (unpaired) electrons. The number of urea groups is 1. The molecular weight excluding hydrogens is 477 g/mol. The minimum absolute atomic E-state index is 0.0464. The molecular formula is C25H31F3N4O4. The van der Waals surface area contributed by atoms with Crippen LogP contribution in [0.3, 0.4) is 0 Å². The summed E-state index contributed by atoms with van der Waals surface area (Å²) < 4.78 is 53.2. The van der Waals surface area contributed by atoms with Gasteiger partial charge in [-0.15, -0.1) is 0 Å². The fourth-order valence-corrected chi connectivity index (χ4v) is 4.46. The molecule has 8 nitrogen and oxygen atoms in total. The van der Waals surface area contributed by atoms with Crippen LogP contribution in [0.25, 0.3) is 11.1 Å². The molecule has 0 bridgehead atoms. The van der Waals surface area contributed by atoms with Gasteiger partial charge in [-0.3, -0.25) is 0 Å². The van der Waals surface area contributed by atoms with Gasteiger partial charge in [0.1, 0.15) is 18.2 Å². The first kappa shape index (κ1) is 26.0. The maximum absolute atomic E-state index is 14.8. The number of anilines is 2. The van der Waals surface area contributed by atoms with Crippen LogP contribution in [0.15, 0.2) is 24.3 Å². The number of carbonyl (C=O) groups is 1. The third kappa shape index (κ3) is 6.01. The molecule has 0 saturated carbocycles. The summed E-state index contributed by atoms with van der Waals surface area (Å²) >= 11 is 0. The lowest BCUT2D eigenvalue weighted by atomic mass is 10.00. The number of pyridine rings is 1. The zero-order valence-corrected chi connectivity index (χ0v) is 20.4. The number of ether oxygens (including phenoxy) is 2. The topological polar surface area (TPSA) is 87.2 Å². The highest BCUT2D eigenvalue weighted by molar-refractivity contribution is 5.91. The molecule has 0 spiro atoms. The number of aromatic nitrogens is 1. The van der Waals surface area contributed by atoms with E-state index in [4.69, 9.17) is 9.47 Å². The molecule has 3 heterocycles. The number of likely N-dealkylation sites (tertiary alicyclic amines) is 1. The van der Waals surface area contributed by atoms with Crippen molar-refractivity contribution in [3.05, 3.63) is 35.6 Å². The second-order valence-corrected chi connectivity index (χ2v) is 9.19. The first-order valence-corrected chi connectivity index (χ1v) is 12.0. The Kier molecular flexibility index (Phi) is 7.89. The Balaban J connectivity index is 1.61. The molecule has 2 N–H and O–H groups in total. The molecule has 196 valence electrons. The Morgan fingerprint density at radius 3 is 2.67 bits per heavy atom. The second-order valence-electron chi connectivity index (χ2n) is 9.19. The van der Waals surface area contributed by atoms with Crippen LogP contribution in [-0.2, 0) is 4.74 Å². The summed E-state index contributed by atoms with van der Waals surface area (Å²) in [5.74, 6) is -3.47. The van der Waals surface area contributed by atoms with Crippen molar-refractivity contribution in [2.75, 3.05) is 62.8 Å². The lowest BCUT2D eigenvalue weighted by Gasteiger charge is -2.28. The highest BCUT2D eigenvalue weighted by Gasteiger charge is 2.40. The molecule has 0 unspecified atom stereocenters. The third-order valence-corrected chi connectivity index (χ3v) is 6.52. The number of aryl methyl sites for hydroxylation is 1. The van der Waals surface area contributed by atoms with Gasteiger partial charge in [0.05, 0.1) is 25.5 Å². The van der Waals surface area contributed by atoms with Gasteiger partial charge < -0.3 is 29.7 Å². The van der Waals surface area contributed by atoms with Crippen LogP contribution in [0.4, 0.5) is 29.5 Å². The Bertz CT molecular complexity index is 1090. The molecule has 2 fully saturated rings. The fraction of sp³-hybridized carbons (Fsp3) is 0.520. The average Bonchev–Trinajstić information content (AvgIpc) is 3.36. The van der Waals surface area contributed by atoms with Gasteiger partial charge in [-0.05, 0) is 55.2 Å². The number of halogens is 3. The number of rotatable bonds is 7. The van der Waals surface area contributed by atoms with Crippen molar-refractivity contribution < 1.29 is 32.5 Å². The van der Waals surface area contributed by atoms with Gasteiger partial charge in [-0.2, -0.15) is 4.98 Å². The average molecular weight is 509 g/mol. The molecule has 2 aliphatic rings. The number of carbonyl (C=O) groups excluding carboxylic acids is 1. The van der Waals surface area contributed by atoms with Crippen molar-refractivity contribution >= 4 is 17.5 Å². The number of nitrogens with zero attached hydrogens (tertiary/aromatic N) is 3. The van der Waals surface area contributed by atoms with E-state index in [9.17, 15) is 23.1 Å². The van der Waals surface area contributed by atoms with Crippen LogP contribution < -0.4 is 15.0 Å². The number of hydrogen-bond donors (Lipinski definition) is 2. The Morgan fingerprint density at radius 2 is 2.00 bits per heavy atom. The largest absolute Gasteiger partial charge is 0.475 e. The van der Waals surface area contributed by atoms with Crippen molar-refractivity contribution in [2.24, 2.45) is 5.92 Å². The summed E-state index contributed by atoms with van der Waals surface area (Å²) in [4.78, 5) is 20.6. The lowest BCUT2D eigenvalue weighted by Crippen LogP contribution is -2.36. The summed E-state index contributed by atoms with van der Waals surface area (Å²) in [5.41, 5.74) is 1.93. The quantitative estimate of drug-likeness (QED) is 0.590. The molecule has 4 rings (SSSR count). The SMILES string of the molecule is Cc1cc(F)c(NC(=O)N2CC[C@H](C(C)(F)F)C2)cc1-c1cc(OCCO)nc(N2CCOCC2)c1. The van der Waals surface area contributed by atoms with E-state index in [0.717, 1.165) is 6.92 Å². The van der Waals surface area contributed by atoms with Crippen LogP contribution in [0.5, 0.6) is 5.88 Å². The highest BCUT2D eigenvalue weighted by Crippen LogP contribution is 2.35. The lowest BCUT2D eigenvalue weighted by molar-refractivity contribution is -0.0338. The normalized spacial score (nSPS) is 18.4. The van der Waals surface area contributed by atoms with Crippen molar-refractivity contribution in [1.82, 2.24) is 9.88 Å². The zero-order valence-electron chi connectivity index (χ0n) is 20.4. The first-order chi connectivity index (χ1) is 17.2. The van der Waals surface area contributed by atoms with Gasteiger partial charge in [0.15, 0.2) is 0 Å². The summed E-state index contributed by atoms with van der Waals surface area (Å²) in [5, 5.41) is 11.7. The second kappa shape index (κ2) is 10.9. The zero-order chi connectivity index (χ0) is 25.9. The smallest absolute Gasteiger partial charge is 0.321 e. The standard InChI is InChI=1S/C25H31F3N4O4/c1-16-11-20(26)21(29-24(34)32-4-3-18(15-32)25(2,27)28)14-19(16)17-12-22(31-5-8-35-9-6-31)30-23(13-17)36-10-7-33/h11-14,18,33H,3-10,15H2,1-2H3,(H,29,34)/t18-/m0/s1. The molecule has 2 amide bonds. The van der Waals surface area contributed by atoms with E-state index >= 15 is 0 Å². The van der Waals surface area contributed by atoms with Gasteiger partial charge in [0.25, 0.3) is 0 Å². The fourth-order valence-electron chi connectivity index (χ4n) is 4.46. The van der Waals surface area contributed by atoms with E-state index < -0.39 is 23.7 Å².